The summed E-state index contributed by atoms with van der Waals surface area (Å²) in [5.41, 5.74) is 1.98. The molecule has 7 nitrogen and oxygen atoms in total. The second kappa shape index (κ2) is 8.91. The second-order valence-corrected chi connectivity index (χ2v) is 7.45. The number of hydrogen-bond acceptors (Lipinski definition) is 7. The lowest BCUT2D eigenvalue weighted by atomic mass is 9.92. The number of halogens is 1. The molecule has 0 saturated carbocycles. The summed E-state index contributed by atoms with van der Waals surface area (Å²) in [7, 11) is 0. The van der Waals surface area contributed by atoms with Crippen molar-refractivity contribution in [1.82, 2.24) is 0 Å². The van der Waals surface area contributed by atoms with Crippen LogP contribution in [-0.4, -0.2) is 43.7 Å². The van der Waals surface area contributed by atoms with E-state index in [0.717, 1.165) is 23.9 Å². The van der Waals surface area contributed by atoms with Crippen LogP contribution in [-0.2, 0) is 9.53 Å². The molecule has 2 aliphatic heterocycles. The van der Waals surface area contributed by atoms with E-state index >= 15 is 0 Å². The van der Waals surface area contributed by atoms with Gasteiger partial charge in [0.2, 0.25) is 6.08 Å². The summed E-state index contributed by atoms with van der Waals surface area (Å²) in [6, 6.07) is 6.77. The first kappa shape index (κ1) is 19.9. The molecule has 0 radical (unpaired) electrons. The van der Waals surface area contributed by atoms with Crippen molar-refractivity contribution in [2.45, 2.75) is 19.4 Å². The van der Waals surface area contributed by atoms with Crippen molar-refractivity contribution in [2.75, 3.05) is 35.2 Å². The Balaban J connectivity index is 1.69. The number of cyclic esters (lactones) is 1. The number of isocyanates is 1. The first-order valence-electron chi connectivity index (χ1n) is 8.83. The van der Waals surface area contributed by atoms with Gasteiger partial charge >= 0.3 is 6.09 Å². The van der Waals surface area contributed by atoms with Crippen LogP contribution in [0.15, 0.2) is 34.2 Å². The van der Waals surface area contributed by atoms with Crippen LogP contribution in [0.25, 0.3) is 0 Å². The van der Waals surface area contributed by atoms with Gasteiger partial charge in [0.1, 0.15) is 11.9 Å². The molecule has 1 aromatic carbocycles. The Kier molecular flexibility index (Phi) is 6.34. The van der Waals surface area contributed by atoms with E-state index in [2.05, 4.69) is 10.5 Å². The molecule has 28 heavy (non-hydrogen) atoms. The van der Waals surface area contributed by atoms with Gasteiger partial charge in [-0.3, -0.25) is 4.90 Å². The van der Waals surface area contributed by atoms with Crippen LogP contribution in [0.2, 0.25) is 0 Å². The monoisotopic (exact) mass is 402 g/mol. The second-order valence-electron chi connectivity index (χ2n) is 6.68. The lowest BCUT2D eigenvalue weighted by molar-refractivity contribution is 0.151. The Hall–Kier alpha value is -2.82. The molecular weight excluding hydrogens is 383 g/mol. The number of ether oxygens (including phenoxy) is 1. The van der Waals surface area contributed by atoms with Crippen molar-refractivity contribution in [3.63, 3.8) is 0 Å². The Morgan fingerprint density at radius 2 is 2.29 bits per heavy atom. The minimum Gasteiger partial charge on any atom is -0.443 e. The summed E-state index contributed by atoms with van der Waals surface area (Å²) < 4.78 is 23.4. The van der Waals surface area contributed by atoms with E-state index in [1.54, 1.807) is 18.2 Å². The van der Waals surface area contributed by atoms with Gasteiger partial charge in [0, 0.05) is 19.2 Å². The van der Waals surface area contributed by atoms with E-state index in [9.17, 15) is 14.0 Å². The highest BCUT2D eigenvalue weighted by Crippen LogP contribution is 2.32. The standard InChI is InChI=1S/C19H19FN4O3S/c1-13-9-23(7-5-14(13)4-6-21)18-3-2-15(8-17(18)20)24-10-16(27-19(24)26)11-28-22-12-25/h2-4,8,13,16H,5,7,9-11H2,1H3/b14-4+/t13-,16+/m1/s1. The van der Waals surface area contributed by atoms with Crippen molar-refractivity contribution in [2.24, 2.45) is 10.3 Å². The van der Waals surface area contributed by atoms with E-state index in [1.165, 1.54) is 17.0 Å². The molecule has 2 atom stereocenters. The Bertz CT molecular complexity index is 878. The van der Waals surface area contributed by atoms with Gasteiger partial charge in [-0.25, -0.2) is 14.0 Å². The molecule has 2 saturated heterocycles. The van der Waals surface area contributed by atoms with Gasteiger partial charge in [0.25, 0.3) is 0 Å². The molecule has 0 unspecified atom stereocenters. The van der Waals surface area contributed by atoms with Crippen LogP contribution >= 0.6 is 11.9 Å². The summed E-state index contributed by atoms with van der Waals surface area (Å²) in [5, 5.41) is 8.83. The van der Waals surface area contributed by atoms with Crippen LogP contribution in [0.4, 0.5) is 20.6 Å². The molecule has 9 heteroatoms. The largest absolute Gasteiger partial charge is 0.443 e. The van der Waals surface area contributed by atoms with E-state index in [0.29, 0.717) is 30.2 Å². The van der Waals surface area contributed by atoms with Crippen LogP contribution < -0.4 is 9.80 Å². The summed E-state index contributed by atoms with van der Waals surface area (Å²) in [4.78, 5) is 25.5. The highest BCUT2D eigenvalue weighted by atomic mass is 32.2. The normalized spacial score (nSPS) is 23.3. The molecule has 1 amide bonds. The smallest absolute Gasteiger partial charge is 0.414 e. The average molecular weight is 402 g/mol. The molecule has 3 rings (SSSR count). The lowest BCUT2D eigenvalue weighted by Crippen LogP contribution is -2.36. The number of allylic oxidation sites excluding steroid dienone is 1. The van der Waals surface area contributed by atoms with Gasteiger partial charge in [-0.05, 0) is 42.5 Å². The lowest BCUT2D eigenvalue weighted by Gasteiger charge is -2.34. The summed E-state index contributed by atoms with van der Waals surface area (Å²) in [5.74, 6) is 0.101. The topological polar surface area (TPSA) is 86.0 Å². The van der Waals surface area contributed by atoms with Crippen LogP contribution in [0.3, 0.4) is 0 Å². The molecule has 2 heterocycles. The van der Waals surface area contributed by atoms with E-state index in [4.69, 9.17) is 10.00 Å². The third-order valence-electron chi connectivity index (χ3n) is 4.87. The minimum atomic E-state index is -0.550. The fraction of sp³-hybridized carbons (Fsp3) is 0.421. The van der Waals surface area contributed by atoms with Gasteiger partial charge in [0.15, 0.2) is 0 Å². The number of anilines is 2. The van der Waals surface area contributed by atoms with Crippen molar-refractivity contribution >= 4 is 35.5 Å². The molecule has 0 bridgehead atoms. The molecule has 0 spiro atoms. The Morgan fingerprint density at radius 3 is 2.96 bits per heavy atom. The number of carbonyl (C=O) groups excluding carboxylic acids is 2. The Labute approximate surface area is 166 Å². The summed E-state index contributed by atoms with van der Waals surface area (Å²) in [6.45, 7) is 3.55. The number of piperidine rings is 1. The minimum absolute atomic E-state index is 0.174. The van der Waals surface area contributed by atoms with Crippen molar-refractivity contribution in [3.8, 4) is 6.07 Å². The average Bonchev–Trinajstić information content (AvgIpc) is 3.04. The Morgan fingerprint density at radius 1 is 1.46 bits per heavy atom. The molecular formula is C19H19FN4O3S. The number of carbonyl (C=O) groups is 1. The van der Waals surface area contributed by atoms with Gasteiger partial charge in [-0.2, -0.15) is 5.26 Å². The zero-order valence-corrected chi connectivity index (χ0v) is 16.1. The molecule has 146 valence electrons. The predicted molar refractivity (Wildman–Crippen MR) is 104 cm³/mol. The van der Waals surface area contributed by atoms with Crippen molar-refractivity contribution in [3.05, 3.63) is 35.7 Å². The van der Waals surface area contributed by atoms with Crippen molar-refractivity contribution in [1.29, 1.82) is 5.26 Å². The SMILES string of the molecule is C[C@@H]1CN(c2ccc(N3C[C@@H](CSN=C=O)OC3=O)cc2F)CC/C1=C\C#N. The number of nitriles is 1. The zero-order valence-electron chi connectivity index (χ0n) is 15.3. The van der Waals surface area contributed by atoms with Crippen LogP contribution in [0.1, 0.15) is 13.3 Å². The van der Waals surface area contributed by atoms with Gasteiger partial charge in [-0.1, -0.05) is 12.5 Å². The van der Waals surface area contributed by atoms with Crippen LogP contribution in [0.5, 0.6) is 0 Å². The highest BCUT2D eigenvalue weighted by molar-refractivity contribution is 7.98. The fourth-order valence-electron chi connectivity index (χ4n) is 3.45. The molecule has 1 aromatic rings. The fourth-order valence-corrected chi connectivity index (χ4v) is 3.92. The third-order valence-corrected chi connectivity index (χ3v) is 5.59. The molecule has 2 aliphatic rings. The zero-order chi connectivity index (χ0) is 20.1. The molecule has 0 aromatic heterocycles. The molecule has 0 aliphatic carbocycles. The number of benzene rings is 1. The van der Waals surface area contributed by atoms with Crippen molar-refractivity contribution < 1.29 is 18.7 Å². The van der Waals surface area contributed by atoms with Gasteiger partial charge in [-0.15, -0.1) is 4.40 Å². The number of rotatable bonds is 5. The third kappa shape index (κ3) is 4.35. The maximum absolute atomic E-state index is 14.8. The maximum atomic E-state index is 14.8. The number of amides is 1. The quantitative estimate of drug-likeness (QED) is 0.325. The summed E-state index contributed by atoms with van der Waals surface area (Å²) in [6.07, 6.45) is 2.74. The summed E-state index contributed by atoms with van der Waals surface area (Å²) >= 11 is 0.970. The van der Waals surface area contributed by atoms with E-state index in [-0.39, 0.29) is 12.5 Å². The first-order valence-corrected chi connectivity index (χ1v) is 9.78. The van der Waals surface area contributed by atoms with Gasteiger partial charge < -0.3 is 9.64 Å². The first-order chi connectivity index (χ1) is 13.5. The van der Waals surface area contributed by atoms with E-state index < -0.39 is 18.0 Å². The molecule has 0 N–H and O–H groups in total. The highest BCUT2D eigenvalue weighted by Gasteiger charge is 2.33. The predicted octanol–water partition coefficient (Wildman–Crippen LogP) is 3.43. The van der Waals surface area contributed by atoms with Crippen LogP contribution in [0, 0.1) is 23.1 Å². The number of nitrogens with zero attached hydrogens (tertiary/aromatic N) is 4. The molecule has 2 fully saturated rings. The van der Waals surface area contributed by atoms with Gasteiger partial charge in [0.05, 0.1) is 29.7 Å². The number of hydrogen-bond donors (Lipinski definition) is 0. The van der Waals surface area contributed by atoms with E-state index in [1.807, 2.05) is 11.8 Å². The maximum Gasteiger partial charge on any atom is 0.414 e.